The fraction of sp³-hybridized carbons (Fsp3) is 0.211. The number of halogens is 1. The summed E-state index contributed by atoms with van der Waals surface area (Å²) in [5.74, 6) is 1.14. The summed E-state index contributed by atoms with van der Waals surface area (Å²) in [6.45, 7) is 0.120. The van der Waals surface area contributed by atoms with Crippen LogP contribution in [0.3, 0.4) is 0 Å². The normalized spacial score (nSPS) is 15.3. The molecule has 0 bridgehead atoms. The summed E-state index contributed by atoms with van der Waals surface area (Å²) in [4.78, 5) is 26.6. The van der Waals surface area contributed by atoms with Crippen molar-refractivity contribution in [3.63, 3.8) is 0 Å². The summed E-state index contributed by atoms with van der Waals surface area (Å²) in [5, 5.41) is 17.8. The van der Waals surface area contributed by atoms with Gasteiger partial charge in [0.1, 0.15) is 12.9 Å². The van der Waals surface area contributed by atoms with Crippen molar-refractivity contribution >= 4 is 33.5 Å². The molecule has 4 rings (SSSR count). The van der Waals surface area contributed by atoms with Crippen LogP contribution < -0.4 is 14.8 Å². The van der Waals surface area contributed by atoms with Crippen LogP contribution in [-0.2, 0) is 11.4 Å². The summed E-state index contributed by atoms with van der Waals surface area (Å²) in [5.41, 5.74) is 1.44. The Bertz CT molecular complexity index is 1130. The maximum atomic E-state index is 12.0. The first-order valence-electron chi connectivity index (χ1n) is 8.89. The monoisotopic (exact) mass is 473 g/mol. The highest BCUT2D eigenvalue weighted by atomic mass is 79.9. The Morgan fingerprint density at radius 3 is 2.97 bits per heavy atom. The van der Waals surface area contributed by atoms with Gasteiger partial charge in [0, 0.05) is 12.1 Å². The number of nitrogens with zero attached hydrogens (tertiary/aromatic N) is 4. The number of anilines is 1. The summed E-state index contributed by atoms with van der Waals surface area (Å²) in [6.07, 6.45) is 1.59. The quantitative estimate of drug-likeness (QED) is 0.429. The third kappa shape index (κ3) is 3.83. The number of nitro groups is 1. The van der Waals surface area contributed by atoms with Crippen LogP contribution in [-0.4, -0.2) is 32.7 Å². The minimum atomic E-state index is -0.451. The van der Waals surface area contributed by atoms with E-state index < -0.39 is 4.92 Å². The van der Waals surface area contributed by atoms with Crippen LogP contribution in [0.5, 0.6) is 11.5 Å². The number of rotatable bonds is 6. The third-order valence-electron chi connectivity index (χ3n) is 4.64. The molecule has 1 atom stereocenters. The van der Waals surface area contributed by atoms with Crippen molar-refractivity contribution in [2.24, 2.45) is 0 Å². The lowest BCUT2D eigenvalue weighted by Crippen LogP contribution is -2.29. The number of methoxy groups -OCH3 is 1. The smallest absolute Gasteiger partial charge is 0.269 e. The van der Waals surface area contributed by atoms with Gasteiger partial charge < -0.3 is 9.47 Å². The highest BCUT2D eigenvalue weighted by Gasteiger charge is 2.29. The zero-order valence-corrected chi connectivity index (χ0v) is 17.3. The fourth-order valence-electron chi connectivity index (χ4n) is 3.25. The number of aromatic nitrogens is 3. The molecular formula is C19H16BrN5O5. The average molecular weight is 474 g/mol. The van der Waals surface area contributed by atoms with Crippen LogP contribution in [0.4, 0.5) is 11.6 Å². The Morgan fingerprint density at radius 1 is 1.37 bits per heavy atom. The summed E-state index contributed by atoms with van der Waals surface area (Å²) in [6, 6.07) is 9.51. The first-order chi connectivity index (χ1) is 14.5. The van der Waals surface area contributed by atoms with Gasteiger partial charge in [0.15, 0.2) is 11.5 Å². The second-order valence-electron chi connectivity index (χ2n) is 6.55. The molecule has 1 N–H and O–H groups in total. The average Bonchev–Trinajstić information content (AvgIpc) is 3.20. The Labute approximate surface area is 179 Å². The molecule has 0 spiro atoms. The first-order valence-corrected chi connectivity index (χ1v) is 9.68. The molecule has 154 valence electrons. The SMILES string of the molecule is COc1cc([C@@H]2CC(=O)Nc3ncnn32)cc(Br)c1OCc1cccc([N+](=O)[O-])c1. The topological polar surface area (TPSA) is 121 Å². The van der Waals surface area contributed by atoms with Crippen molar-refractivity contribution < 1.29 is 19.2 Å². The van der Waals surface area contributed by atoms with Gasteiger partial charge in [-0.05, 0) is 39.2 Å². The molecule has 11 heteroatoms. The van der Waals surface area contributed by atoms with E-state index in [9.17, 15) is 14.9 Å². The van der Waals surface area contributed by atoms with Crippen molar-refractivity contribution in [3.05, 3.63) is 68.4 Å². The van der Waals surface area contributed by atoms with Crippen molar-refractivity contribution in [2.45, 2.75) is 19.1 Å². The van der Waals surface area contributed by atoms with Gasteiger partial charge in [-0.25, -0.2) is 4.68 Å². The molecule has 2 aromatic carbocycles. The lowest BCUT2D eigenvalue weighted by molar-refractivity contribution is -0.384. The minimum Gasteiger partial charge on any atom is -0.493 e. The number of benzene rings is 2. The molecule has 0 radical (unpaired) electrons. The Hall–Kier alpha value is -3.47. The molecule has 1 aliphatic rings. The Morgan fingerprint density at radius 2 is 2.20 bits per heavy atom. The number of carbonyl (C=O) groups excluding carboxylic acids is 1. The summed E-state index contributed by atoms with van der Waals surface area (Å²) < 4.78 is 13.6. The van der Waals surface area contributed by atoms with Crippen LogP contribution in [0.2, 0.25) is 0 Å². The number of carbonyl (C=O) groups is 1. The van der Waals surface area contributed by atoms with Gasteiger partial charge in [0.2, 0.25) is 11.9 Å². The van der Waals surface area contributed by atoms with Crippen molar-refractivity contribution in [1.29, 1.82) is 0 Å². The highest BCUT2D eigenvalue weighted by Crippen LogP contribution is 2.41. The number of hydrogen-bond acceptors (Lipinski definition) is 7. The largest absolute Gasteiger partial charge is 0.493 e. The predicted octanol–water partition coefficient (Wildman–Crippen LogP) is 3.47. The lowest BCUT2D eigenvalue weighted by Gasteiger charge is -2.25. The van der Waals surface area contributed by atoms with E-state index in [1.54, 1.807) is 22.9 Å². The van der Waals surface area contributed by atoms with E-state index in [1.165, 1.54) is 25.6 Å². The van der Waals surface area contributed by atoms with E-state index in [0.29, 0.717) is 27.5 Å². The van der Waals surface area contributed by atoms with E-state index in [1.807, 2.05) is 6.07 Å². The number of hydrogen-bond donors (Lipinski definition) is 1. The number of amides is 1. The third-order valence-corrected chi connectivity index (χ3v) is 5.23. The van der Waals surface area contributed by atoms with Crippen LogP contribution in [0.25, 0.3) is 0 Å². The number of nitro benzene ring substituents is 1. The second-order valence-corrected chi connectivity index (χ2v) is 7.40. The molecule has 1 aliphatic heterocycles. The molecule has 1 aromatic heterocycles. The maximum Gasteiger partial charge on any atom is 0.269 e. The van der Waals surface area contributed by atoms with E-state index in [4.69, 9.17) is 9.47 Å². The van der Waals surface area contributed by atoms with Crippen molar-refractivity contribution in [1.82, 2.24) is 14.8 Å². The number of nitrogens with one attached hydrogen (secondary N) is 1. The predicted molar refractivity (Wildman–Crippen MR) is 110 cm³/mol. The molecular weight excluding hydrogens is 458 g/mol. The molecule has 2 heterocycles. The lowest BCUT2D eigenvalue weighted by atomic mass is 10.0. The van der Waals surface area contributed by atoms with E-state index >= 15 is 0 Å². The molecule has 3 aromatic rings. The molecule has 10 nitrogen and oxygen atoms in total. The highest BCUT2D eigenvalue weighted by molar-refractivity contribution is 9.10. The van der Waals surface area contributed by atoms with Gasteiger partial charge in [0.25, 0.3) is 5.69 Å². The van der Waals surface area contributed by atoms with Crippen molar-refractivity contribution in [3.8, 4) is 11.5 Å². The second kappa shape index (κ2) is 8.11. The molecule has 0 aliphatic carbocycles. The number of ether oxygens (including phenoxy) is 2. The van der Waals surface area contributed by atoms with E-state index in [-0.39, 0.29) is 30.7 Å². The molecule has 0 fully saturated rings. The number of non-ortho nitro benzene ring substituents is 1. The van der Waals surface area contributed by atoms with Crippen molar-refractivity contribution in [2.75, 3.05) is 12.4 Å². The van der Waals surface area contributed by atoms with Gasteiger partial charge in [-0.15, -0.1) is 0 Å². The molecule has 0 saturated carbocycles. The van der Waals surface area contributed by atoms with E-state index in [0.717, 1.165) is 5.56 Å². The fourth-order valence-corrected chi connectivity index (χ4v) is 3.83. The van der Waals surface area contributed by atoms with E-state index in [2.05, 4.69) is 31.3 Å². The maximum absolute atomic E-state index is 12.0. The minimum absolute atomic E-state index is 0.00306. The molecule has 0 saturated heterocycles. The van der Waals surface area contributed by atoms with Gasteiger partial charge in [0.05, 0.1) is 29.0 Å². The standard InChI is InChI=1S/C19H16BrN5O5/c1-29-16-7-12(15-8-17(26)23-19-21-10-22-24(15)19)6-14(20)18(16)30-9-11-3-2-4-13(5-11)25(27)28/h2-7,10,15H,8-9H2,1H3,(H,21,22,23,26)/t15-/m0/s1. The Balaban J connectivity index is 1.62. The van der Waals surface area contributed by atoms with Gasteiger partial charge in [-0.1, -0.05) is 12.1 Å². The summed E-state index contributed by atoms with van der Waals surface area (Å²) >= 11 is 3.50. The van der Waals surface area contributed by atoms with Gasteiger partial charge in [-0.2, -0.15) is 10.1 Å². The van der Waals surface area contributed by atoms with Gasteiger partial charge in [-0.3, -0.25) is 20.2 Å². The molecule has 1 amide bonds. The van der Waals surface area contributed by atoms with Gasteiger partial charge >= 0.3 is 0 Å². The van der Waals surface area contributed by atoms with Crippen LogP contribution in [0.1, 0.15) is 23.6 Å². The van der Waals surface area contributed by atoms with Crippen LogP contribution >= 0.6 is 15.9 Å². The Kier molecular flexibility index (Phi) is 5.36. The zero-order valence-electron chi connectivity index (χ0n) is 15.7. The van der Waals surface area contributed by atoms with Crippen LogP contribution in [0, 0.1) is 10.1 Å². The first kappa shape index (κ1) is 19.8. The number of fused-ring (bicyclic) bond motifs is 1. The molecule has 30 heavy (non-hydrogen) atoms. The molecule has 0 unspecified atom stereocenters. The zero-order chi connectivity index (χ0) is 21.3. The summed E-state index contributed by atoms with van der Waals surface area (Å²) in [7, 11) is 1.51. The van der Waals surface area contributed by atoms with Crippen LogP contribution in [0.15, 0.2) is 47.2 Å².